The highest BCUT2D eigenvalue weighted by molar-refractivity contribution is 7.89. The maximum absolute atomic E-state index is 12.9. The van der Waals surface area contributed by atoms with E-state index in [1.165, 1.54) is 0 Å². The van der Waals surface area contributed by atoms with E-state index in [0.29, 0.717) is 18.9 Å². The minimum Gasteiger partial charge on any atom is -0.284 e. The first kappa shape index (κ1) is 16.5. The van der Waals surface area contributed by atoms with Crippen molar-refractivity contribution >= 4 is 21.6 Å². The van der Waals surface area contributed by atoms with Gasteiger partial charge in [0.2, 0.25) is 0 Å². The molecule has 1 aliphatic rings. The summed E-state index contributed by atoms with van der Waals surface area (Å²) in [5.41, 5.74) is -1.32. The van der Waals surface area contributed by atoms with Crippen LogP contribution < -0.4 is 4.89 Å². The molecule has 0 amide bonds. The van der Waals surface area contributed by atoms with Gasteiger partial charge in [0.25, 0.3) is 10.0 Å². The Labute approximate surface area is 125 Å². The maximum atomic E-state index is 12.9. The second-order valence-electron chi connectivity index (χ2n) is 4.75. The van der Waals surface area contributed by atoms with Crippen molar-refractivity contribution in [1.29, 1.82) is 0 Å². The predicted molar refractivity (Wildman–Crippen MR) is 70.1 cm³/mol. The second-order valence-corrected chi connectivity index (χ2v) is 6.80. The van der Waals surface area contributed by atoms with E-state index in [4.69, 9.17) is 16.4 Å². The summed E-state index contributed by atoms with van der Waals surface area (Å²) in [5.74, 6) is 0. The average molecular weight is 344 g/mol. The van der Waals surface area contributed by atoms with Crippen LogP contribution in [0.5, 0.6) is 0 Å². The number of hydrogen-bond donors (Lipinski definition) is 1. The van der Waals surface area contributed by atoms with Gasteiger partial charge in [-0.1, -0.05) is 29.3 Å². The summed E-state index contributed by atoms with van der Waals surface area (Å²) in [4.78, 5) is 5.85. The number of nitrogens with one attached hydrogen (secondary N) is 1. The summed E-state index contributed by atoms with van der Waals surface area (Å²) in [6.45, 7) is 0. The molecule has 0 radical (unpaired) electrons. The number of hydrogen-bond acceptors (Lipinski definition) is 3. The summed E-state index contributed by atoms with van der Waals surface area (Å²) in [5, 5.41) is -0.196. The van der Waals surface area contributed by atoms with Crippen LogP contribution in [0.25, 0.3) is 0 Å². The minimum atomic E-state index is -4.83. The van der Waals surface area contributed by atoms with Crippen LogP contribution in [-0.4, -0.2) is 14.5 Å². The quantitative estimate of drug-likeness (QED) is 0.851. The third-order valence-electron chi connectivity index (χ3n) is 3.16. The van der Waals surface area contributed by atoms with Gasteiger partial charge in [-0.05, 0) is 31.0 Å². The highest BCUT2D eigenvalue weighted by Crippen LogP contribution is 2.35. The van der Waals surface area contributed by atoms with E-state index in [1.807, 2.05) is 0 Å². The highest BCUT2D eigenvalue weighted by atomic mass is 35.5. The molecule has 0 saturated heterocycles. The van der Waals surface area contributed by atoms with Gasteiger partial charge in [0.1, 0.15) is 0 Å². The molecule has 9 heteroatoms. The van der Waals surface area contributed by atoms with Crippen molar-refractivity contribution in [3.8, 4) is 0 Å². The topological polar surface area (TPSA) is 55.4 Å². The molecule has 4 nitrogen and oxygen atoms in total. The van der Waals surface area contributed by atoms with Crippen LogP contribution in [0.3, 0.4) is 0 Å². The fourth-order valence-corrected chi connectivity index (χ4v) is 3.38. The van der Waals surface area contributed by atoms with Gasteiger partial charge in [0.15, 0.2) is 0 Å². The van der Waals surface area contributed by atoms with E-state index in [1.54, 1.807) is 4.89 Å². The fraction of sp³-hybridized carbons (Fsp3) is 0.500. The summed E-state index contributed by atoms with van der Waals surface area (Å²) in [7, 11) is -4.43. The Hall–Kier alpha value is -0.830. The molecule has 0 heterocycles. The van der Waals surface area contributed by atoms with Crippen LogP contribution in [0, 0.1) is 0 Å². The SMILES string of the molecule is O=S(=O)(NOC1CCCC1)c1ccc(Cl)cc1C(F)(F)F. The van der Waals surface area contributed by atoms with E-state index in [2.05, 4.69) is 0 Å². The van der Waals surface area contributed by atoms with Crippen molar-refractivity contribution in [3.63, 3.8) is 0 Å². The molecular formula is C12H13ClF3NO3S. The van der Waals surface area contributed by atoms with Crippen LogP contribution in [0.1, 0.15) is 31.2 Å². The Bertz CT molecular complexity index is 613. The molecule has 21 heavy (non-hydrogen) atoms. The molecule has 1 aromatic rings. The molecular weight excluding hydrogens is 331 g/mol. The Morgan fingerprint density at radius 2 is 1.86 bits per heavy atom. The van der Waals surface area contributed by atoms with Crippen LogP contribution in [0.4, 0.5) is 13.2 Å². The van der Waals surface area contributed by atoms with E-state index in [-0.39, 0.29) is 11.1 Å². The Morgan fingerprint density at radius 1 is 1.24 bits per heavy atom. The largest absolute Gasteiger partial charge is 0.417 e. The van der Waals surface area contributed by atoms with Crippen LogP contribution >= 0.6 is 11.6 Å². The minimum absolute atomic E-state index is 0.196. The van der Waals surface area contributed by atoms with Crippen LogP contribution in [-0.2, 0) is 21.0 Å². The van der Waals surface area contributed by atoms with Crippen molar-refractivity contribution in [2.45, 2.75) is 42.9 Å². The summed E-state index contributed by atoms with van der Waals surface area (Å²) >= 11 is 5.51. The Kier molecular flexibility index (Phi) is 4.82. The molecule has 0 spiro atoms. The Morgan fingerprint density at radius 3 is 2.43 bits per heavy atom. The summed E-state index contributed by atoms with van der Waals surface area (Å²) in [6.07, 6.45) is -1.98. The molecule has 1 N–H and O–H groups in total. The molecule has 1 fully saturated rings. The zero-order valence-corrected chi connectivity index (χ0v) is 12.4. The lowest BCUT2D eigenvalue weighted by Gasteiger charge is -2.16. The number of rotatable bonds is 4. The average Bonchev–Trinajstić information content (AvgIpc) is 2.88. The standard InChI is InChI=1S/C12H13ClF3NO3S/c13-8-5-6-11(10(7-8)12(14,15)16)21(18,19)17-20-9-3-1-2-4-9/h5-7,9,17H,1-4H2. The van der Waals surface area contributed by atoms with Gasteiger partial charge in [-0.25, -0.2) is 8.42 Å². The first-order chi connectivity index (χ1) is 9.70. The summed E-state index contributed by atoms with van der Waals surface area (Å²) < 4.78 is 62.7. The van der Waals surface area contributed by atoms with Gasteiger partial charge in [-0.3, -0.25) is 4.84 Å². The van der Waals surface area contributed by atoms with E-state index in [0.717, 1.165) is 25.0 Å². The van der Waals surface area contributed by atoms with Crippen molar-refractivity contribution in [2.75, 3.05) is 0 Å². The lowest BCUT2D eigenvalue weighted by atomic mass is 10.2. The van der Waals surface area contributed by atoms with Gasteiger partial charge in [0, 0.05) is 5.02 Å². The smallest absolute Gasteiger partial charge is 0.284 e. The van der Waals surface area contributed by atoms with E-state index < -0.39 is 26.7 Å². The van der Waals surface area contributed by atoms with Crippen molar-refractivity contribution in [3.05, 3.63) is 28.8 Å². The lowest BCUT2D eigenvalue weighted by Crippen LogP contribution is -2.30. The monoisotopic (exact) mass is 343 g/mol. The molecule has 1 saturated carbocycles. The Balaban J connectivity index is 2.26. The molecule has 118 valence electrons. The molecule has 1 aliphatic carbocycles. The summed E-state index contributed by atoms with van der Waals surface area (Å²) in [6, 6.07) is 2.47. The van der Waals surface area contributed by atoms with Crippen molar-refractivity contribution in [2.24, 2.45) is 0 Å². The normalized spacial score (nSPS) is 17.3. The molecule has 1 aromatic carbocycles. The third kappa shape index (κ3) is 4.09. The lowest BCUT2D eigenvalue weighted by molar-refractivity contribution is -0.139. The van der Waals surface area contributed by atoms with Gasteiger partial charge < -0.3 is 0 Å². The molecule has 0 atom stereocenters. The molecule has 0 bridgehead atoms. The predicted octanol–water partition coefficient (Wildman–Crippen LogP) is 3.51. The number of benzene rings is 1. The van der Waals surface area contributed by atoms with Crippen molar-refractivity contribution in [1.82, 2.24) is 4.89 Å². The molecule has 0 aliphatic heterocycles. The van der Waals surface area contributed by atoms with Gasteiger partial charge >= 0.3 is 6.18 Å². The fourth-order valence-electron chi connectivity index (χ4n) is 2.14. The molecule has 0 aromatic heterocycles. The van der Waals surface area contributed by atoms with Crippen LogP contribution in [0.15, 0.2) is 23.1 Å². The second kappa shape index (κ2) is 6.12. The first-order valence-corrected chi connectivity index (χ1v) is 8.10. The maximum Gasteiger partial charge on any atom is 0.417 e. The van der Waals surface area contributed by atoms with Gasteiger partial charge in [-0.2, -0.15) is 13.2 Å². The number of halogens is 4. The van der Waals surface area contributed by atoms with Gasteiger partial charge in [-0.15, -0.1) is 0 Å². The zero-order valence-electron chi connectivity index (χ0n) is 10.8. The first-order valence-electron chi connectivity index (χ1n) is 6.24. The van der Waals surface area contributed by atoms with Crippen LogP contribution in [0.2, 0.25) is 5.02 Å². The van der Waals surface area contributed by atoms with Crippen molar-refractivity contribution < 1.29 is 26.4 Å². The van der Waals surface area contributed by atoms with E-state index >= 15 is 0 Å². The van der Waals surface area contributed by atoms with E-state index in [9.17, 15) is 21.6 Å². The molecule has 2 rings (SSSR count). The number of sulfonamides is 1. The zero-order chi connectivity index (χ0) is 15.7. The number of alkyl halides is 3. The third-order valence-corrected chi connectivity index (χ3v) is 4.65. The van der Waals surface area contributed by atoms with Gasteiger partial charge in [0.05, 0.1) is 16.6 Å². The molecule has 0 unspecified atom stereocenters. The highest BCUT2D eigenvalue weighted by Gasteiger charge is 2.37.